The lowest BCUT2D eigenvalue weighted by Crippen LogP contribution is -2.67. The third kappa shape index (κ3) is 6.29. The van der Waals surface area contributed by atoms with Crippen molar-refractivity contribution >= 4 is 18.2 Å². The smallest absolute Gasteiger partial charge is 0.481 e. The van der Waals surface area contributed by atoms with Gasteiger partial charge in [-0.05, 0) is 155 Å². The number of carbonyl (C=O) groups is 3. The van der Waals surface area contributed by atoms with Crippen molar-refractivity contribution in [2.45, 2.75) is 150 Å². The molecule has 7 aliphatic rings. The maximum absolute atomic E-state index is 13.3. The number of ether oxygens (including phenoxy) is 3. The highest BCUT2D eigenvalue weighted by atomic mass is 16.7. The summed E-state index contributed by atoms with van der Waals surface area (Å²) in [5, 5.41) is 14.0. The van der Waals surface area contributed by atoms with Crippen molar-refractivity contribution in [3.05, 3.63) is 0 Å². The summed E-state index contributed by atoms with van der Waals surface area (Å²) in [6, 6.07) is 0.293. The van der Waals surface area contributed by atoms with Crippen molar-refractivity contribution in [1.82, 2.24) is 10.2 Å². The molecular formula is C42H68N2O7. The van der Waals surface area contributed by atoms with Crippen LogP contribution < -0.4 is 5.32 Å². The van der Waals surface area contributed by atoms with E-state index in [9.17, 15) is 19.5 Å². The Morgan fingerprint density at radius 2 is 1.55 bits per heavy atom. The summed E-state index contributed by atoms with van der Waals surface area (Å²) in [4.78, 5) is 41.1. The molecule has 2 N–H and O–H groups in total. The molecule has 1 saturated heterocycles. The molecule has 5 unspecified atom stereocenters. The number of rotatable bonds is 9. The van der Waals surface area contributed by atoms with Crippen LogP contribution in [0, 0.1) is 62.6 Å². The Labute approximate surface area is 307 Å². The first kappa shape index (κ1) is 37.3. The Morgan fingerprint density at radius 3 is 2.25 bits per heavy atom. The van der Waals surface area contributed by atoms with E-state index in [1.165, 1.54) is 19.3 Å². The van der Waals surface area contributed by atoms with Gasteiger partial charge in [0.25, 0.3) is 0 Å². The molecule has 6 aliphatic carbocycles. The molecular weight excluding hydrogens is 644 g/mol. The predicted octanol–water partition coefficient (Wildman–Crippen LogP) is 8.68. The lowest BCUT2D eigenvalue weighted by Gasteiger charge is -2.72. The molecule has 0 aromatic carbocycles. The second-order valence-electron chi connectivity index (χ2n) is 19.8. The number of carbonyl (C=O) groups excluding carboxylic acids is 2. The Kier molecular flexibility index (Phi) is 10.00. The van der Waals surface area contributed by atoms with Gasteiger partial charge in [0, 0.05) is 18.0 Å². The third-order valence-corrected chi connectivity index (χ3v) is 17.3. The van der Waals surface area contributed by atoms with Crippen molar-refractivity contribution in [3.63, 3.8) is 0 Å². The van der Waals surface area contributed by atoms with Gasteiger partial charge in [0.05, 0.1) is 12.0 Å². The highest BCUT2D eigenvalue weighted by Crippen LogP contribution is 2.77. The van der Waals surface area contributed by atoms with E-state index in [0.29, 0.717) is 30.4 Å². The van der Waals surface area contributed by atoms with E-state index < -0.39 is 17.5 Å². The van der Waals surface area contributed by atoms with Crippen LogP contribution in [0.15, 0.2) is 0 Å². The highest BCUT2D eigenvalue weighted by molar-refractivity contribution is 5.76. The number of hydrogen-bond acceptors (Lipinski definition) is 7. The van der Waals surface area contributed by atoms with Crippen LogP contribution in [0.5, 0.6) is 0 Å². The number of fused-ring (bicyclic) bond motifs is 7. The lowest BCUT2D eigenvalue weighted by molar-refractivity contribution is -0.249. The molecule has 1 amide bonds. The Balaban J connectivity index is 1.05. The summed E-state index contributed by atoms with van der Waals surface area (Å²) in [7, 11) is 0. The summed E-state index contributed by atoms with van der Waals surface area (Å²) in [5.41, 5.74) is -0.529. The minimum Gasteiger partial charge on any atom is -0.481 e. The van der Waals surface area contributed by atoms with Crippen molar-refractivity contribution < 1.29 is 33.7 Å². The number of amides is 1. The zero-order chi connectivity index (χ0) is 36.4. The number of likely N-dealkylation sites (tertiary alicyclic amines) is 1. The van der Waals surface area contributed by atoms with Crippen LogP contribution in [0.4, 0.5) is 9.59 Å². The fourth-order valence-corrected chi connectivity index (χ4v) is 14.2. The molecule has 9 heteroatoms. The third-order valence-electron chi connectivity index (χ3n) is 17.3. The first-order valence-electron chi connectivity index (χ1n) is 20.9. The normalized spacial score (nSPS) is 43.7. The van der Waals surface area contributed by atoms with Gasteiger partial charge in [-0.1, -0.05) is 48.0 Å². The topological polar surface area (TPSA) is 114 Å². The van der Waals surface area contributed by atoms with Gasteiger partial charge >= 0.3 is 18.2 Å². The first-order chi connectivity index (χ1) is 24.2. The monoisotopic (exact) mass is 713 g/mol. The van der Waals surface area contributed by atoms with E-state index in [2.05, 4.69) is 51.8 Å². The average Bonchev–Trinajstić information content (AvgIpc) is 3.81. The molecule has 7 fully saturated rings. The van der Waals surface area contributed by atoms with E-state index >= 15 is 0 Å². The molecule has 6 saturated carbocycles. The molecule has 0 aromatic rings. The fourth-order valence-electron chi connectivity index (χ4n) is 14.2. The molecule has 0 aromatic heterocycles. The second kappa shape index (κ2) is 13.7. The second-order valence-corrected chi connectivity index (χ2v) is 19.8. The lowest BCUT2D eigenvalue weighted by atomic mass is 9.32. The van der Waals surface area contributed by atoms with Crippen LogP contribution >= 0.6 is 0 Å². The van der Waals surface area contributed by atoms with Crippen LogP contribution in [-0.4, -0.2) is 73.2 Å². The zero-order valence-corrected chi connectivity index (χ0v) is 32.6. The molecule has 0 bridgehead atoms. The molecule has 1 heterocycles. The minimum atomic E-state index is -0.694. The van der Waals surface area contributed by atoms with Gasteiger partial charge in [-0.2, -0.15) is 0 Å². The van der Waals surface area contributed by atoms with Crippen molar-refractivity contribution in [3.8, 4) is 0 Å². The number of carboxylic acids is 1. The van der Waals surface area contributed by atoms with Crippen molar-refractivity contribution in [1.29, 1.82) is 0 Å². The number of piperidine rings is 1. The molecule has 9 nitrogen and oxygen atoms in total. The molecule has 7 rings (SSSR count). The van der Waals surface area contributed by atoms with Gasteiger partial charge in [0.2, 0.25) is 0 Å². The molecule has 11 atom stereocenters. The van der Waals surface area contributed by atoms with E-state index in [-0.39, 0.29) is 58.2 Å². The van der Waals surface area contributed by atoms with Crippen molar-refractivity contribution in [2.24, 2.45) is 62.6 Å². The van der Waals surface area contributed by atoms with E-state index in [4.69, 9.17) is 14.2 Å². The van der Waals surface area contributed by atoms with Gasteiger partial charge in [-0.3, -0.25) is 9.69 Å². The molecule has 0 radical (unpaired) electrons. The van der Waals surface area contributed by atoms with E-state index in [1.807, 2.05) is 0 Å². The molecule has 51 heavy (non-hydrogen) atoms. The fraction of sp³-hybridized carbons (Fsp3) is 0.929. The number of carboxylic acid groups (broad SMARTS) is 1. The average molecular weight is 713 g/mol. The SMILES string of the molecule is CC(COC(=O)OCCN1CCCCC1)[C@@H]1CC[C@]2(C(=O)O)CC[C@]3(C)C(CCC4[C@@]5(C)CC[C@@H](OC(=O)NC6CC6)C(C)(C)C5CC[C@]43C)C12. The largest absolute Gasteiger partial charge is 0.508 e. The summed E-state index contributed by atoms with van der Waals surface area (Å²) in [5.74, 6) is 1.07. The van der Waals surface area contributed by atoms with Gasteiger partial charge < -0.3 is 24.6 Å². The molecule has 1 aliphatic heterocycles. The Bertz CT molecular complexity index is 1330. The van der Waals surface area contributed by atoms with Crippen LogP contribution in [0.3, 0.4) is 0 Å². The first-order valence-corrected chi connectivity index (χ1v) is 20.9. The summed E-state index contributed by atoms with van der Waals surface area (Å²) >= 11 is 0. The van der Waals surface area contributed by atoms with Crippen LogP contribution in [0.1, 0.15) is 138 Å². The zero-order valence-electron chi connectivity index (χ0n) is 32.6. The van der Waals surface area contributed by atoms with Gasteiger partial charge in [0.15, 0.2) is 0 Å². The summed E-state index contributed by atoms with van der Waals surface area (Å²) in [6.07, 6.45) is 14.6. The predicted molar refractivity (Wildman–Crippen MR) is 195 cm³/mol. The number of hydrogen-bond donors (Lipinski definition) is 2. The number of nitrogens with zero attached hydrogens (tertiary/aromatic N) is 1. The quantitative estimate of drug-likeness (QED) is 0.228. The van der Waals surface area contributed by atoms with Gasteiger partial charge in [-0.15, -0.1) is 0 Å². The van der Waals surface area contributed by atoms with E-state index in [1.54, 1.807) is 0 Å². The Morgan fingerprint density at radius 1 is 0.804 bits per heavy atom. The molecule has 288 valence electrons. The molecule has 0 spiro atoms. The van der Waals surface area contributed by atoms with Gasteiger partial charge in [0.1, 0.15) is 12.7 Å². The maximum atomic E-state index is 13.3. The van der Waals surface area contributed by atoms with Crippen LogP contribution in [0.25, 0.3) is 0 Å². The Hall–Kier alpha value is -2.03. The van der Waals surface area contributed by atoms with Crippen LogP contribution in [-0.2, 0) is 19.0 Å². The maximum Gasteiger partial charge on any atom is 0.508 e. The minimum absolute atomic E-state index is 0.0334. The van der Waals surface area contributed by atoms with E-state index in [0.717, 1.165) is 96.7 Å². The summed E-state index contributed by atoms with van der Waals surface area (Å²) < 4.78 is 17.4. The van der Waals surface area contributed by atoms with Crippen molar-refractivity contribution in [2.75, 3.05) is 32.8 Å². The number of aliphatic carboxylic acids is 1. The van der Waals surface area contributed by atoms with Crippen LogP contribution in [0.2, 0.25) is 0 Å². The number of nitrogens with one attached hydrogen (secondary N) is 1. The standard InChI is InChI=1S/C42H68N2O7/c1-27(26-50-37(48)49-25-24-44-22-8-7-9-23-44)29-14-19-42(35(45)46)21-20-40(5)30(34(29)42)12-13-32-39(4)17-16-33(51-36(47)43-28-10-11-28)38(2,3)31(39)15-18-41(32,40)6/h27-34H,7-26H2,1-6H3,(H,43,47)(H,45,46)/t27?,29-,30?,31?,32?,33+,34?,39-,40+,41+,42-/m0/s1. The summed E-state index contributed by atoms with van der Waals surface area (Å²) in [6.45, 7) is 18.0. The van der Waals surface area contributed by atoms with Gasteiger partial charge in [-0.25, -0.2) is 9.59 Å². The number of alkyl carbamates (subject to hydrolysis) is 1. The highest BCUT2D eigenvalue weighted by Gasteiger charge is 2.72.